The van der Waals surface area contributed by atoms with Crippen LogP contribution in [0.4, 0.5) is 0 Å². The minimum atomic E-state index is -0.569. The molecule has 2 aromatic heterocycles. The van der Waals surface area contributed by atoms with E-state index in [0.717, 1.165) is 16.0 Å². The molecule has 0 spiro atoms. The van der Waals surface area contributed by atoms with E-state index in [0.29, 0.717) is 20.6 Å². The Morgan fingerprint density at radius 2 is 2.07 bits per heavy atom. The molecule has 1 aliphatic rings. The highest BCUT2D eigenvalue weighted by molar-refractivity contribution is 7.98. The molecule has 0 bridgehead atoms. The highest BCUT2D eigenvalue weighted by Crippen LogP contribution is 2.31. The standard InChI is InChI=1S/C22H20N2O3S3/c1-4-27-21(26)18-13(2)23-22-24(19(18)15-5-7-16(28-3)8-6-15)20(25)17(30-22)11-14-9-10-29-12-14/h5-12,19H,4H2,1-3H3/t19-/m1/s1. The monoisotopic (exact) mass is 456 g/mol. The van der Waals surface area contributed by atoms with E-state index in [1.165, 1.54) is 11.3 Å². The van der Waals surface area contributed by atoms with Gasteiger partial charge in [-0.25, -0.2) is 9.79 Å². The Hall–Kier alpha value is -2.42. The van der Waals surface area contributed by atoms with E-state index in [4.69, 9.17) is 4.74 Å². The fraction of sp³-hybridized carbons (Fsp3) is 0.227. The summed E-state index contributed by atoms with van der Waals surface area (Å²) in [5, 5.41) is 3.97. The number of thiophene rings is 1. The topological polar surface area (TPSA) is 60.7 Å². The molecule has 1 aromatic carbocycles. The van der Waals surface area contributed by atoms with Crippen LogP contribution in [0.1, 0.15) is 31.0 Å². The lowest BCUT2D eigenvalue weighted by molar-refractivity contribution is -0.139. The van der Waals surface area contributed by atoms with Gasteiger partial charge in [-0.1, -0.05) is 23.5 Å². The van der Waals surface area contributed by atoms with Crippen molar-refractivity contribution >= 4 is 46.5 Å². The fourth-order valence-corrected chi connectivity index (χ4v) is 5.47. The first kappa shape index (κ1) is 20.8. The maximum Gasteiger partial charge on any atom is 0.338 e. The summed E-state index contributed by atoms with van der Waals surface area (Å²) in [5.41, 5.74) is 2.66. The van der Waals surface area contributed by atoms with Gasteiger partial charge >= 0.3 is 5.97 Å². The number of hydrogen-bond donors (Lipinski definition) is 0. The van der Waals surface area contributed by atoms with Gasteiger partial charge in [-0.05, 0) is 66.3 Å². The summed E-state index contributed by atoms with van der Waals surface area (Å²) in [5.74, 6) is -0.440. The summed E-state index contributed by atoms with van der Waals surface area (Å²) < 4.78 is 7.53. The van der Waals surface area contributed by atoms with Gasteiger partial charge in [0.05, 0.1) is 28.5 Å². The predicted octanol–water partition coefficient (Wildman–Crippen LogP) is 3.58. The van der Waals surface area contributed by atoms with Gasteiger partial charge in [-0.2, -0.15) is 11.3 Å². The number of nitrogens with zero attached hydrogens (tertiary/aromatic N) is 2. The van der Waals surface area contributed by atoms with E-state index >= 15 is 0 Å². The van der Waals surface area contributed by atoms with Crippen LogP contribution in [0.3, 0.4) is 0 Å². The summed E-state index contributed by atoms with van der Waals surface area (Å²) >= 11 is 4.56. The highest BCUT2D eigenvalue weighted by atomic mass is 32.2. The molecule has 1 atom stereocenters. The number of rotatable bonds is 5. The first-order valence-electron chi connectivity index (χ1n) is 9.39. The molecule has 3 aromatic rings. The molecular formula is C22H20N2O3S3. The first-order chi connectivity index (χ1) is 14.5. The third kappa shape index (κ3) is 3.82. The number of benzene rings is 1. The molecule has 0 amide bonds. The third-order valence-corrected chi connectivity index (χ3v) is 7.22. The zero-order chi connectivity index (χ0) is 21.3. The molecule has 3 heterocycles. The molecule has 154 valence electrons. The zero-order valence-electron chi connectivity index (χ0n) is 16.7. The second-order valence-electron chi connectivity index (χ2n) is 6.63. The number of hydrogen-bond acceptors (Lipinski definition) is 7. The average molecular weight is 457 g/mol. The largest absolute Gasteiger partial charge is 0.463 e. The van der Waals surface area contributed by atoms with Crippen LogP contribution < -0.4 is 14.9 Å². The van der Waals surface area contributed by atoms with Gasteiger partial charge in [0.15, 0.2) is 4.80 Å². The van der Waals surface area contributed by atoms with Gasteiger partial charge in [0.1, 0.15) is 0 Å². The van der Waals surface area contributed by atoms with E-state index in [9.17, 15) is 9.59 Å². The normalized spacial score (nSPS) is 16.4. The Kier molecular flexibility index (Phi) is 6.08. The van der Waals surface area contributed by atoms with Gasteiger partial charge in [0.2, 0.25) is 0 Å². The van der Waals surface area contributed by atoms with Crippen molar-refractivity contribution in [3.05, 3.63) is 83.2 Å². The lowest BCUT2D eigenvalue weighted by Crippen LogP contribution is -2.39. The van der Waals surface area contributed by atoms with Crippen LogP contribution in [0, 0.1) is 0 Å². The van der Waals surface area contributed by atoms with Crippen LogP contribution in [0.5, 0.6) is 0 Å². The maximum atomic E-state index is 13.4. The van der Waals surface area contributed by atoms with Crippen LogP contribution in [0.15, 0.2) is 67.0 Å². The Balaban J connectivity index is 1.95. The Labute approximate surface area is 186 Å². The van der Waals surface area contributed by atoms with E-state index in [2.05, 4.69) is 4.99 Å². The third-order valence-electron chi connectivity index (χ3n) is 4.79. The Morgan fingerprint density at radius 3 is 2.70 bits per heavy atom. The molecular weight excluding hydrogens is 436 g/mol. The zero-order valence-corrected chi connectivity index (χ0v) is 19.2. The molecule has 5 nitrogen and oxygen atoms in total. The SMILES string of the molecule is CCOC(=O)C1=C(C)N=c2sc(=Cc3ccsc3)c(=O)n2[C@@H]1c1ccc(SC)cc1. The number of aromatic nitrogens is 1. The molecule has 4 rings (SSSR count). The summed E-state index contributed by atoms with van der Waals surface area (Å²) in [7, 11) is 0. The minimum Gasteiger partial charge on any atom is -0.463 e. The van der Waals surface area contributed by atoms with Crippen LogP contribution in [0.25, 0.3) is 6.08 Å². The molecule has 0 unspecified atom stereocenters. The number of esters is 1. The van der Waals surface area contributed by atoms with E-state index in [-0.39, 0.29) is 12.2 Å². The van der Waals surface area contributed by atoms with Crippen molar-refractivity contribution in [2.24, 2.45) is 4.99 Å². The molecule has 8 heteroatoms. The van der Waals surface area contributed by atoms with Crippen LogP contribution >= 0.6 is 34.4 Å². The lowest BCUT2D eigenvalue weighted by Gasteiger charge is -2.24. The summed E-state index contributed by atoms with van der Waals surface area (Å²) in [6.07, 6.45) is 3.88. The van der Waals surface area contributed by atoms with E-state index < -0.39 is 12.0 Å². The van der Waals surface area contributed by atoms with Crippen LogP contribution in [0.2, 0.25) is 0 Å². The van der Waals surface area contributed by atoms with Crippen molar-refractivity contribution < 1.29 is 9.53 Å². The molecule has 0 fully saturated rings. The molecule has 0 saturated heterocycles. The van der Waals surface area contributed by atoms with Crippen molar-refractivity contribution in [1.82, 2.24) is 4.57 Å². The van der Waals surface area contributed by atoms with Crippen molar-refractivity contribution in [3.8, 4) is 0 Å². The number of thiazole rings is 1. The molecule has 0 saturated carbocycles. The van der Waals surface area contributed by atoms with Gasteiger partial charge in [0, 0.05) is 4.90 Å². The molecule has 0 aliphatic carbocycles. The first-order valence-corrected chi connectivity index (χ1v) is 12.4. The summed E-state index contributed by atoms with van der Waals surface area (Å²) in [4.78, 5) is 32.5. The van der Waals surface area contributed by atoms with Crippen molar-refractivity contribution in [2.75, 3.05) is 12.9 Å². The van der Waals surface area contributed by atoms with Gasteiger partial charge in [-0.15, -0.1) is 11.8 Å². The highest BCUT2D eigenvalue weighted by Gasteiger charge is 2.33. The van der Waals surface area contributed by atoms with Crippen LogP contribution in [-0.4, -0.2) is 23.4 Å². The van der Waals surface area contributed by atoms with Gasteiger partial charge < -0.3 is 4.74 Å². The Morgan fingerprint density at radius 1 is 1.30 bits per heavy atom. The second kappa shape index (κ2) is 8.75. The smallest absolute Gasteiger partial charge is 0.338 e. The minimum absolute atomic E-state index is 0.154. The van der Waals surface area contributed by atoms with Crippen molar-refractivity contribution in [3.63, 3.8) is 0 Å². The van der Waals surface area contributed by atoms with Crippen molar-refractivity contribution in [1.29, 1.82) is 0 Å². The van der Waals surface area contributed by atoms with Gasteiger partial charge in [0.25, 0.3) is 5.56 Å². The average Bonchev–Trinajstić information content (AvgIpc) is 3.36. The number of carbonyl (C=O) groups excluding carboxylic acids is 1. The molecule has 0 radical (unpaired) electrons. The van der Waals surface area contributed by atoms with Gasteiger partial charge in [-0.3, -0.25) is 9.36 Å². The molecule has 30 heavy (non-hydrogen) atoms. The second-order valence-corrected chi connectivity index (χ2v) is 9.30. The molecule has 1 aliphatic heterocycles. The van der Waals surface area contributed by atoms with E-state index in [1.807, 2.05) is 53.4 Å². The Bertz CT molecular complexity index is 1280. The number of ether oxygens (including phenoxy) is 1. The van der Waals surface area contributed by atoms with Crippen molar-refractivity contribution in [2.45, 2.75) is 24.8 Å². The summed E-state index contributed by atoms with van der Waals surface area (Å²) in [6, 6.07) is 9.32. The number of carbonyl (C=O) groups is 1. The van der Waals surface area contributed by atoms with E-state index in [1.54, 1.807) is 41.5 Å². The maximum absolute atomic E-state index is 13.4. The fourth-order valence-electron chi connectivity index (χ4n) is 3.40. The number of fused-ring (bicyclic) bond motifs is 1. The summed E-state index contributed by atoms with van der Waals surface area (Å²) in [6.45, 7) is 3.83. The predicted molar refractivity (Wildman–Crippen MR) is 123 cm³/mol. The van der Waals surface area contributed by atoms with Crippen LogP contribution in [-0.2, 0) is 9.53 Å². The molecule has 0 N–H and O–H groups in total. The quantitative estimate of drug-likeness (QED) is 0.435. The number of thioether (sulfide) groups is 1. The number of allylic oxidation sites excluding steroid dienone is 1. The lowest BCUT2D eigenvalue weighted by atomic mass is 9.96.